The van der Waals surface area contributed by atoms with Gasteiger partial charge in [0.2, 0.25) is 0 Å². The summed E-state index contributed by atoms with van der Waals surface area (Å²) in [5.41, 5.74) is -1.13. The molecule has 3 aliphatic rings. The molecule has 3 unspecified atom stereocenters. The topological polar surface area (TPSA) is 89.6 Å². The predicted molar refractivity (Wildman–Crippen MR) is 167 cm³/mol. The number of hydrogen-bond acceptors (Lipinski definition) is 8. The monoisotopic (exact) mass is 597 g/mol. The Kier molecular flexibility index (Phi) is 11.3. The van der Waals surface area contributed by atoms with Crippen molar-refractivity contribution in [3.8, 4) is 0 Å². The summed E-state index contributed by atoms with van der Waals surface area (Å²) in [5, 5.41) is 29.9. The van der Waals surface area contributed by atoms with Crippen molar-refractivity contribution in [1.29, 1.82) is 0 Å². The molecule has 3 rings (SSSR count). The lowest BCUT2D eigenvalue weighted by Crippen LogP contribution is -2.47. The minimum atomic E-state index is -0.422. The van der Waals surface area contributed by atoms with Gasteiger partial charge in [-0.1, -0.05) is 0 Å². The van der Waals surface area contributed by atoms with Crippen molar-refractivity contribution in [2.24, 2.45) is 17.8 Å². The predicted octanol–water partition coefficient (Wildman–Crippen LogP) is 5.00. The van der Waals surface area contributed by atoms with E-state index < -0.39 is 5.54 Å². The third-order valence-electron chi connectivity index (χ3n) is 10.7. The van der Waals surface area contributed by atoms with Crippen LogP contribution < -0.4 is 5.32 Å². The van der Waals surface area contributed by atoms with Gasteiger partial charge in [-0.15, -0.1) is 10.3 Å². The molecule has 247 valence electrons. The number of nitrogens with zero attached hydrogens (tertiary/aromatic N) is 3. The van der Waals surface area contributed by atoms with E-state index in [-0.39, 0.29) is 39.5 Å². The largest absolute Gasteiger partial charge is 0.380 e. The molecule has 3 fully saturated rings. The normalized spacial score (nSPS) is 31.4. The van der Waals surface area contributed by atoms with Gasteiger partial charge < -0.3 is 24.7 Å². The molecule has 0 spiro atoms. The lowest BCUT2D eigenvalue weighted by molar-refractivity contribution is -0.249. The van der Waals surface area contributed by atoms with E-state index in [9.17, 15) is 10.4 Å². The minimum absolute atomic E-state index is 0.0693. The lowest BCUT2D eigenvalue weighted by Gasteiger charge is -2.36. The Bertz CT molecular complexity index is 827. The molecule has 2 N–H and O–H groups in total. The summed E-state index contributed by atoms with van der Waals surface area (Å²) in [6.45, 7) is 31.9. The van der Waals surface area contributed by atoms with Gasteiger partial charge in [-0.05, 0) is 102 Å². The highest BCUT2D eigenvalue weighted by Crippen LogP contribution is 2.44. The number of rotatable bonds is 15. The zero-order valence-electron chi connectivity index (χ0n) is 29.1. The minimum Gasteiger partial charge on any atom is -0.380 e. The zero-order chi connectivity index (χ0) is 31.8. The van der Waals surface area contributed by atoms with Gasteiger partial charge in [0.05, 0.1) is 39.6 Å². The molecule has 3 aliphatic heterocycles. The maximum absolute atomic E-state index is 12.8. The first-order chi connectivity index (χ1) is 19.1. The first kappa shape index (κ1) is 36.1. The van der Waals surface area contributed by atoms with Gasteiger partial charge in [0.1, 0.15) is 0 Å². The molecule has 0 saturated carbocycles. The van der Waals surface area contributed by atoms with Crippen molar-refractivity contribution < 1.29 is 24.6 Å². The van der Waals surface area contributed by atoms with E-state index in [0.717, 1.165) is 45.5 Å². The fraction of sp³-hybridized carbons (Fsp3) is 1.00. The second kappa shape index (κ2) is 13.2. The molecular formula is C33H65N4O5. The van der Waals surface area contributed by atoms with Gasteiger partial charge in [0, 0.05) is 70.6 Å². The number of hydroxylamine groups is 4. The average Bonchev–Trinajstić information content (AvgIpc) is 3.24. The van der Waals surface area contributed by atoms with Crippen molar-refractivity contribution in [3.05, 3.63) is 0 Å². The van der Waals surface area contributed by atoms with E-state index in [1.54, 1.807) is 0 Å². The standard InChI is InChI=1S/C33H65N4O5/c1-28(2)19-25(31(7,8)34-28)22-40-16-13-35(14-17-41-23-26-20-29(3,4)36(38)32(26,9)10)15-18-42-24-27-21-30(5,6)37(39)33(27,11)12/h25-27,34,38H,13-24H2,1-12H3. The first-order valence-corrected chi connectivity index (χ1v) is 16.3. The van der Waals surface area contributed by atoms with Crippen LogP contribution in [0.3, 0.4) is 0 Å². The summed E-state index contributed by atoms with van der Waals surface area (Å²) < 4.78 is 18.6. The Morgan fingerprint density at radius 1 is 0.667 bits per heavy atom. The van der Waals surface area contributed by atoms with E-state index >= 15 is 0 Å². The van der Waals surface area contributed by atoms with Gasteiger partial charge in [-0.2, -0.15) is 5.06 Å². The Labute approximate surface area is 257 Å². The second-order valence-corrected chi connectivity index (χ2v) is 17.0. The number of ether oxygens (including phenoxy) is 3. The van der Waals surface area contributed by atoms with E-state index in [0.29, 0.717) is 39.0 Å². The third kappa shape index (κ3) is 8.46. The van der Waals surface area contributed by atoms with Gasteiger partial charge in [0.25, 0.3) is 0 Å². The molecule has 0 bridgehead atoms. The highest BCUT2D eigenvalue weighted by molar-refractivity contribution is 5.04. The fourth-order valence-corrected chi connectivity index (χ4v) is 8.06. The van der Waals surface area contributed by atoms with Crippen LogP contribution in [0.25, 0.3) is 0 Å². The molecule has 3 atom stereocenters. The highest BCUT2D eigenvalue weighted by Gasteiger charge is 2.53. The van der Waals surface area contributed by atoms with E-state index in [2.05, 4.69) is 65.6 Å². The van der Waals surface area contributed by atoms with Gasteiger partial charge in [-0.25, -0.2) is 0 Å². The summed E-state index contributed by atoms with van der Waals surface area (Å²) in [6.07, 6.45) is 2.86. The van der Waals surface area contributed by atoms with Crippen molar-refractivity contribution in [3.63, 3.8) is 0 Å². The smallest absolute Gasteiger partial charge is 0.0593 e. The quantitative estimate of drug-likeness (QED) is 0.255. The molecule has 3 saturated heterocycles. The van der Waals surface area contributed by atoms with E-state index in [1.165, 1.54) is 10.1 Å². The van der Waals surface area contributed by atoms with Crippen LogP contribution in [0.1, 0.15) is 102 Å². The van der Waals surface area contributed by atoms with Crippen molar-refractivity contribution in [2.45, 2.75) is 136 Å². The molecule has 3 heterocycles. The molecule has 1 radical (unpaired) electrons. The molecule has 0 aromatic carbocycles. The van der Waals surface area contributed by atoms with Crippen LogP contribution in [0, 0.1) is 17.8 Å². The van der Waals surface area contributed by atoms with Gasteiger partial charge in [0.15, 0.2) is 0 Å². The van der Waals surface area contributed by atoms with Gasteiger partial charge in [-0.3, -0.25) is 4.90 Å². The average molecular weight is 598 g/mol. The summed E-state index contributed by atoms with van der Waals surface area (Å²) in [7, 11) is 0. The summed E-state index contributed by atoms with van der Waals surface area (Å²) in [4.78, 5) is 2.37. The first-order valence-electron chi connectivity index (χ1n) is 16.3. The van der Waals surface area contributed by atoms with Crippen LogP contribution >= 0.6 is 0 Å². The second-order valence-electron chi connectivity index (χ2n) is 17.0. The Morgan fingerprint density at radius 3 is 1.45 bits per heavy atom. The summed E-state index contributed by atoms with van der Waals surface area (Å²) >= 11 is 0. The van der Waals surface area contributed by atoms with Crippen molar-refractivity contribution in [1.82, 2.24) is 20.3 Å². The molecule has 42 heavy (non-hydrogen) atoms. The molecule has 0 amide bonds. The Balaban J connectivity index is 1.47. The maximum atomic E-state index is 12.8. The van der Waals surface area contributed by atoms with E-state index in [4.69, 9.17) is 14.2 Å². The molecule has 0 aliphatic carbocycles. The van der Waals surface area contributed by atoms with E-state index in [1.807, 2.05) is 27.7 Å². The molecule has 9 heteroatoms. The van der Waals surface area contributed by atoms with Crippen LogP contribution in [0.5, 0.6) is 0 Å². The van der Waals surface area contributed by atoms with Crippen LogP contribution in [-0.4, -0.2) is 113 Å². The van der Waals surface area contributed by atoms with Crippen molar-refractivity contribution >= 4 is 0 Å². The van der Waals surface area contributed by atoms with Crippen molar-refractivity contribution in [2.75, 3.05) is 59.3 Å². The summed E-state index contributed by atoms with van der Waals surface area (Å²) in [5.74, 6) is 0.963. The fourth-order valence-electron chi connectivity index (χ4n) is 8.06. The number of hydrogen-bond donors (Lipinski definition) is 2. The SMILES string of the molecule is CC1(C)CC(COCCN(CCOCC2CC(C)(C)N([O])C2(C)C)CCOCC2CC(C)(C)N(O)C2(C)C)C(C)(C)N1. The third-order valence-corrected chi connectivity index (χ3v) is 10.7. The molecular weight excluding hydrogens is 532 g/mol. The molecule has 0 aromatic heterocycles. The maximum Gasteiger partial charge on any atom is 0.0593 e. The Morgan fingerprint density at radius 2 is 1.10 bits per heavy atom. The van der Waals surface area contributed by atoms with Crippen LogP contribution in [-0.2, 0) is 19.4 Å². The van der Waals surface area contributed by atoms with Crippen LogP contribution in [0.2, 0.25) is 0 Å². The Hall–Kier alpha value is -0.360. The zero-order valence-corrected chi connectivity index (χ0v) is 29.1. The highest BCUT2D eigenvalue weighted by atomic mass is 16.5. The molecule has 9 nitrogen and oxygen atoms in total. The summed E-state index contributed by atoms with van der Waals surface area (Å²) in [6, 6.07) is 0. The van der Waals surface area contributed by atoms with Crippen LogP contribution in [0.15, 0.2) is 0 Å². The van der Waals surface area contributed by atoms with Crippen LogP contribution in [0.4, 0.5) is 0 Å². The lowest BCUT2D eigenvalue weighted by atomic mass is 9.88. The van der Waals surface area contributed by atoms with Gasteiger partial charge >= 0.3 is 0 Å². The number of nitrogens with one attached hydrogen (secondary N) is 1. The molecule has 0 aromatic rings.